The first-order chi connectivity index (χ1) is 4.33. The van der Waals surface area contributed by atoms with Gasteiger partial charge in [0.15, 0.2) is 0 Å². The first-order valence-electron chi connectivity index (χ1n) is 3.21. The molecule has 2 atom stereocenters. The Morgan fingerprint density at radius 3 is 2.89 bits per heavy atom. The fourth-order valence-corrected chi connectivity index (χ4v) is 7.63. The van der Waals surface area contributed by atoms with Crippen LogP contribution in [0.2, 0.25) is 3.93 Å². The zero-order valence-electron chi connectivity index (χ0n) is 5.47. The van der Waals surface area contributed by atoms with Gasteiger partial charge in [-0.25, -0.2) is 0 Å². The van der Waals surface area contributed by atoms with E-state index < -0.39 is 22.1 Å². The molecular weight excluding hydrogens is 373 g/mol. The van der Waals surface area contributed by atoms with Crippen LogP contribution in [0.4, 0.5) is 0 Å². The van der Waals surface area contributed by atoms with E-state index in [0.717, 1.165) is 6.42 Å². The van der Waals surface area contributed by atoms with E-state index in [2.05, 4.69) is 11.9 Å². The minimum atomic E-state index is -0.645. The average Bonchev–Trinajstić information content (AvgIpc) is 2.17. The molecule has 0 aromatic carbocycles. The maximum atomic E-state index is 5.03. The molecule has 1 aliphatic heterocycles. The van der Waals surface area contributed by atoms with Gasteiger partial charge in [-0.15, -0.1) is 0 Å². The van der Waals surface area contributed by atoms with Gasteiger partial charge in [-0.05, 0) is 0 Å². The van der Waals surface area contributed by atoms with E-state index in [-0.39, 0.29) is 0 Å². The van der Waals surface area contributed by atoms with Crippen molar-refractivity contribution in [3.63, 3.8) is 0 Å². The molecular formula is C5H9BrHgO2. The summed E-state index contributed by atoms with van der Waals surface area (Å²) < 4.78 is 1.27. The third-order valence-electron chi connectivity index (χ3n) is 1.38. The van der Waals surface area contributed by atoms with E-state index in [1.807, 2.05) is 6.92 Å². The molecule has 0 aliphatic carbocycles. The van der Waals surface area contributed by atoms with E-state index in [1.54, 1.807) is 0 Å². The number of hydrogen-bond donors (Lipinski definition) is 0. The van der Waals surface area contributed by atoms with Gasteiger partial charge in [-0.2, -0.15) is 0 Å². The summed E-state index contributed by atoms with van der Waals surface area (Å²) >= 11 is 2.92. The van der Waals surface area contributed by atoms with Gasteiger partial charge in [-0.3, -0.25) is 0 Å². The van der Waals surface area contributed by atoms with Gasteiger partial charge in [0.25, 0.3) is 0 Å². The molecule has 0 radical (unpaired) electrons. The van der Waals surface area contributed by atoms with Crippen molar-refractivity contribution >= 4 is 11.9 Å². The molecule has 0 N–H and O–H groups in total. The van der Waals surface area contributed by atoms with Gasteiger partial charge in [0.2, 0.25) is 0 Å². The van der Waals surface area contributed by atoms with Crippen molar-refractivity contribution < 1.29 is 31.9 Å². The zero-order chi connectivity index (χ0) is 6.69. The molecule has 1 heterocycles. The molecule has 0 bridgehead atoms. The molecule has 0 amide bonds. The Hall–Kier alpha value is 1.34. The predicted molar refractivity (Wildman–Crippen MR) is 33.8 cm³/mol. The zero-order valence-corrected chi connectivity index (χ0v) is 12.6. The number of rotatable bonds is 2. The van der Waals surface area contributed by atoms with Crippen LogP contribution in [0.3, 0.4) is 0 Å². The second-order valence-corrected chi connectivity index (χ2v) is 13.0. The summed E-state index contributed by atoms with van der Waals surface area (Å²) in [5, 5.41) is 0. The van der Waals surface area contributed by atoms with Gasteiger partial charge in [-0.1, -0.05) is 0 Å². The maximum absolute atomic E-state index is 5.03. The molecule has 50 valence electrons. The molecule has 9 heavy (non-hydrogen) atoms. The molecule has 0 aromatic rings. The van der Waals surface area contributed by atoms with E-state index in [0.29, 0.717) is 12.2 Å². The molecule has 2 nitrogen and oxygen atoms in total. The van der Waals surface area contributed by atoms with Crippen molar-refractivity contribution in [2.45, 2.75) is 29.5 Å². The molecule has 0 saturated carbocycles. The average molecular weight is 382 g/mol. The van der Waals surface area contributed by atoms with Gasteiger partial charge in [0.05, 0.1) is 0 Å². The van der Waals surface area contributed by atoms with E-state index in [4.69, 9.17) is 9.78 Å². The van der Waals surface area contributed by atoms with Gasteiger partial charge in [0, 0.05) is 0 Å². The van der Waals surface area contributed by atoms with Gasteiger partial charge >= 0.3 is 73.3 Å². The Labute approximate surface area is 72.9 Å². The summed E-state index contributed by atoms with van der Waals surface area (Å²) in [6.07, 6.45) is 1.83. The fourth-order valence-electron chi connectivity index (χ4n) is 0.910. The molecule has 1 saturated heterocycles. The van der Waals surface area contributed by atoms with Crippen molar-refractivity contribution in [2.24, 2.45) is 0 Å². The third-order valence-corrected chi connectivity index (χ3v) is 8.75. The van der Waals surface area contributed by atoms with E-state index in [9.17, 15) is 0 Å². The molecule has 1 aliphatic rings. The van der Waals surface area contributed by atoms with Crippen molar-refractivity contribution in [1.82, 2.24) is 0 Å². The summed E-state index contributed by atoms with van der Waals surface area (Å²) in [6.45, 7) is 2.05. The Morgan fingerprint density at radius 2 is 2.44 bits per heavy atom. The van der Waals surface area contributed by atoms with E-state index in [1.165, 1.54) is 3.93 Å². The predicted octanol–water partition coefficient (Wildman–Crippen LogP) is 1.91. The van der Waals surface area contributed by atoms with Crippen molar-refractivity contribution in [2.75, 3.05) is 0 Å². The summed E-state index contributed by atoms with van der Waals surface area (Å²) in [7, 11) is 0. The van der Waals surface area contributed by atoms with Crippen LogP contribution in [0, 0.1) is 0 Å². The fraction of sp³-hybridized carbons (Fsp3) is 1.00. The molecule has 4 heteroatoms. The van der Waals surface area contributed by atoms with Crippen molar-refractivity contribution in [3.05, 3.63) is 0 Å². The van der Waals surface area contributed by atoms with Crippen LogP contribution in [0.25, 0.3) is 0 Å². The Kier molecular flexibility index (Phi) is 3.99. The van der Waals surface area contributed by atoms with Crippen molar-refractivity contribution in [3.8, 4) is 0 Å². The summed E-state index contributed by atoms with van der Waals surface area (Å²) in [4.78, 5) is 9.96. The Morgan fingerprint density at radius 1 is 1.67 bits per heavy atom. The number of hydrogen-bond acceptors (Lipinski definition) is 2. The quantitative estimate of drug-likeness (QED) is 0.537. The summed E-state index contributed by atoms with van der Waals surface area (Å²) in [6, 6.07) is 0. The Balaban J connectivity index is 2.14. The molecule has 1 rings (SSSR count). The van der Waals surface area contributed by atoms with Crippen LogP contribution in [0.15, 0.2) is 0 Å². The summed E-state index contributed by atoms with van der Waals surface area (Å²) in [5.74, 6) is 0. The standard InChI is InChI=1S/C5H9O2.BrH.Hg/c1-4-3-5(2)7-6-4;;/h4-5H,1,3H2,2H3;1H;/q;;+1/p-1/t4-,5-;;/m1../s1. The second kappa shape index (κ2) is 4.26. The summed E-state index contributed by atoms with van der Waals surface area (Å²) in [5.41, 5.74) is 0. The van der Waals surface area contributed by atoms with Gasteiger partial charge < -0.3 is 0 Å². The van der Waals surface area contributed by atoms with Crippen LogP contribution in [0.5, 0.6) is 0 Å². The molecule has 1 fully saturated rings. The molecule has 0 unspecified atom stereocenters. The van der Waals surface area contributed by atoms with Crippen LogP contribution in [0.1, 0.15) is 13.3 Å². The minimum absolute atomic E-state index is 0.322. The van der Waals surface area contributed by atoms with Gasteiger partial charge in [0.1, 0.15) is 0 Å². The van der Waals surface area contributed by atoms with Crippen LogP contribution in [-0.4, -0.2) is 12.2 Å². The van der Waals surface area contributed by atoms with Crippen LogP contribution < -0.4 is 0 Å². The van der Waals surface area contributed by atoms with Crippen LogP contribution in [-0.2, 0) is 31.9 Å². The third kappa shape index (κ3) is 2.82. The Bertz CT molecular complexity index is 89.0. The van der Waals surface area contributed by atoms with Crippen molar-refractivity contribution in [1.29, 1.82) is 0 Å². The molecule has 0 spiro atoms. The second-order valence-electron chi connectivity index (χ2n) is 2.34. The van der Waals surface area contributed by atoms with E-state index >= 15 is 0 Å². The SMILES string of the molecule is C[C@@H]1C[C@@H]([CH2][Hg][Br])OO1. The molecule has 0 aromatic heterocycles. The first-order valence-corrected chi connectivity index (χ1v) is 19.0. The normalized spacial score (nSPS) is 34.4. The monoisotopic (exact) mass is 382 g/mol. The topological polar surface area (TPSA) is 18.5 Å². The van der Waals surface area contributed by atoms with Crippen LogP contribution >= 0.6 is 11.9 Å². The number of halogens is 1. The first kappa shape index (κ1) is 8.43.